The number of hydrogen-bond donors (Lipinski definition) is 0. The zero-order chi connectivity index (χ0) is 13.1. The SMILES string of the molecule is CCOC(=O)C(C)S(=O)(=O)c1cccc(F)c1. The summed E-state index contributed by atoms with van der Waals surface area (Å²) in [5, 5.41) is -1.34. The first-order valence-corrected chi connectivity index (χ1v) is 6.60. The molecule has 1 aromatic rings. The fourth-order valence-corrected chi connectivity index (χ4v) is 2.51. The second-order valence-electron chi connectivity index (χ2n) is 3.40. The lowest BCUT2D eigenvalue weighted by atomic mass is 10.3. The molecule has 1 aromatic carbocycles. The number of hydrogen-bond acceptors (Lipinski definition) is 4. The minimum Gasteiger partial charge on any atom is -0.465 e. The second-order valence-corrected chi connectivity index (χ2v) is 5.67. The van der Waals surface area contributed by atoms with E-state index in [1.807, 2.05) is 0 Å². The third-order valence-electron chi connectivity index (χ3n) is 2.21. The molecule has 0 amide bonds. The van der Waals surface area contributed by atoms with Crippen molar-refractivity contribution in [1.82, 2.24) is 0 Å². The van der Waals surface area contributed by atoms with Gasteiger partial charge in [0.2, 0.25) is 0 Å². The lowest BCUT2D eigenvalue weighted by molar-refractivity contribution is -0.142. The average molecular weight is 260 g/mol. The maximum absolute atomic E-state index is 12.9. The highest BCUT2D eigenvalue weighted by molar-refractivity contribution is 7.92. The number of sulfone groups is 1. The van der Waals surface area contributed by atoms with E-state index < -0.39 is 26.9 Å². The minimum atomic E-state index is -3.90. The maximum atomic E-state index is 12.9. The molecule has 94 valence electrons. The van der Waals surface area contributed by atoms with Gasteiger partial charge in [0.1, 0.15) is 5.82 Å². The molecule has 0 radical (unpaired) electrons. The molecule has 4 nitrogen and oxygen atoms in total. The van der Waals surface area contributed by atoms with Crippen molar-refractivity contribution in [2.24, 2.45) is 0 Å². The maximum Gasteiger partial charge on any atom is 0.324 e. The van der Waals surface area contributed by atoms with E-state index in [4.69, 9.17) is 0 Å². The third-order valence-corrected chi connectivity index (χ3v) is 4.24. The summed E-state index contributed by atoms with van der Waals surface area (Å²) < 4.78 is 41.4. The fourth-order valence-electron chi connectivity index (χ4n) is 1.23. The molecule has 1 rings (SSSR count). The molecule has 0 fully saturated rings. The van der Waals surface area contributed by atoms with Crippen molar-refractivity contribution in [3.8, 4) is 0 Å². The van der Waals surface area contributed by atoms with Gasteiger partial charge in [-0.05, 0) is 32.0 Å². The van der Waals surface area contributed by atoms with E-state index in [1.165, 1.54) is 19.1 Å². The highest BCUT2D eigenvalue weighted by atomic mass is 32.2. The molecule has 1 unspecified atom stereocenters. The Balaban J connectivity index is 3.07. The molecule has 0 heterocycles. The number of carbonyl (C=O) groups excluding carboxylic acids is 1. The summed E-state index contributed by atoms with van der Waals surface area (Å²) in [5.74, 6) is -1.50. The fraction of sp³-hybridized carbons (Fsp3) is 0.364. The normalized spacial score (nSPS) is 13.1. The molecule has 0 aromatic heterocycles. The monoisotopic (exact) mass is 260 g/mol. The molecule has 1 atom stereocenters. The van der Waals surface area contributed by atoms with E-state index in [2.05, 4.69) is 4.74 Å². The van der Waals surface area contributed by atoms with Gasteiger partial charge in [-0.3, -0.25) is 4.79 Å². The van der Waals surface area contributed by atoms with Crippen molar-refractivity contribution in [1.29, 1.82) is 0 Å². The van der Waals surface area contributed by atoms with Crippen LogP contribution < -0.4 is 0 Å². The Kier molecular flexibility index (Phi) is 4.22. The van der Waals surface area contributed by atoms with Gasteiger partial charge in [-0.25, -0.2) is 12.8 Å². The van der Waals surface area contributed by atoms with Crippen LogP contribution in [-0.2, 0) is 19.4 Å². The lowest BCUT2D eigenvalue weighted by Gasteiger charge is -2.11. The summed E-state index contributed by atoms with van der Waals surface area (Å²) in [6.07, 6.45) is 0. The zero-order valence-corrected chi connectivity index (χ0v) is 10.3. The predicted octanol–water partition coefficient (Wildman–Crippen LogP) is 1.55. The van der Waals surface area contributed by atoms with Crippen LogP contribution in [0.2, 0.25) is 0 Å². The second kappa shape index (κ2) is 5.27. The van der Waals surface area contributed by atoms with Crippen molar-refractivity contribution < 1.29 is 22.3 Å². The van der Waals surface area contributed by atoms with E-state index in [9.17, 15) is 17.6 Å². The highest BCUT2D eigenvalue weighted by Crippen LogP contribution is 2.17. The van der Waals surface area contributed by atoms with Crippen molar-refractivity contribution in [2.45, 2.75) is 24.0 Å². The standard InChI is InChI=1S/C11H13FO4S/c1-3-16-11(13)8(2)17(14,15)10-6-4-5-9(12)7-10/h4-8H,3H2,1-2H3. The molecule has 0 saturated heterocycles. The predicted molar refractivity (Wildman–Crippen MR) is 59.7 cm³/mol. The van der Waals surface area contributed by atoms with Gasteiger partial charge in [0.05, 0.1) is 11.5 Å². The quantitative estimate of drug-likeness (QED) is 0.771. The molecule has 0 bridgehead atoms. The Labute approximate surface area is 99.3 Å². The zero-order valence-electron chi connectivity index (χ0n) is 9.51. The summed E-state index contributed by atoms with van der Waals surface area (Å²) in [6, 6.07) is 4.54. The smallest absolute Gasteiger partial charge is 0.324 e. The van der Waals surface area contributed by atoms with Gasteiger partial charge in [0.15, 0.2) is 15.1 Å². The first-order chi connectivity index (χ1) is 7.89. The van der Waals surface area contributed by atoms with Crippen LogP contribution >= 0.6 is 0 Å². The number of esters is 1. The van der Waals surface area contributed by atoms with Gasteiger partial charge in [0, 0.05) is 0 Å². The van der Waals surface area contributed by atoms with Crippen LogP contribution in [0.25, 0.3) is 0 Å². The number of benzene rings is 1. The van der Waals surface area contributed by atoms with Gasteiger partial charge < -0.3 is 4.74 Å². The topological polar surface area (TPSA) is 60.4 Å². The van der Waals surface area contributed by atoms with E-state index in [0.717, 1.165) is 12.1 Å². The van der Waals surface area contributed by atoms with Gasteiger partial charge in [-0.2, -0.15) is 0 Å². The Hall–Kier alpha value is -1.43. The van der Waals surface area contributed by atoms with Gasteiger partial charge in [0.25, 0.3) is 0 Å². The van der Waals surface area contributed by atoms with Crippen molar-refractivity contribution in [3.05, 3.63) is 30.1 Å². The third kappa shape index (κ3) is 3.03. The first kappa shape index (κ1) is 13.6. The summed E-state index contributed by atoms with van der Waals surface area (Å²) in [6.45, 7) is 2.90. The lowest BCUT2D eigenvalue weighted by Crippen LogP contribution is -2.29. The molecular weight excluding hydrogens is 247 g/mol. The largest absolute Gasteiger partial charge is 0.465 e. The van der Waals surface area contributed by atoms with Crippen LogP contribution in [0.3, 0.4) is 0 Å². The molecule has 0 aliphatic carbocycles. The van der Waals surface area contributed by atoms with Crippen molar-refractivity contribution >= 4 is 15.8 Å². The highest BCUT2D eigenvalue weighted by Gasteiger charge is 2.31. The molecule has 0 N–H and O–H groups in total. The molecule has 0 spiro atoms. The van der Waals surface area contributed by atoms with Crippen LogP contribution in [0.15, 0.2) is 29.2 Å². The Morgan fingerprint density at radius 2 is 2.12 bits per heavy atom. The summed E-state index contributed by atoms with van der Waals surface area (Å²) >= 11 is 0. The molecule has 6 heteroatoms. The van der Waals surface area contributed by atoms with Crippen LogP contribution in [0, 0.1) is 5.82 Å². The first-order valence-electron chi connectivity index (χ1n) is 5.05. The Bertz CT molecular complexity index is 510. The number of rotatable bonds is 4. The van der Waals surface area contributed by atoms with Crippen molar-refractivity contribution in [3.63, 3.8) is 0 Å². The van der Waals surface area contributed by atoms with E-state index >= 15 is 0 Å². The van der Waals surface area contributed by atoms with Gasteiger partial charge >= 0.3 is 5.97 Å². The van der Waals surface area contributed by atoms with E-state index in [-0.39, 0.29) is 11.5 Å². The van der Waals surface area contributed by atoms with Gasteiger partial charge in [-0.15, -0.1) is 0 Å². The Morgan fingerprint density at radius 3 is 2.65 bits per heavy atom. The molecule has 17 heavy (non-hydrogen) atoms. The van der Waals surface area contributed by atoms with Gasteiger partial charge in [-0.1, -0.05) is 6.07 Å². The van der Waals surface area contributed by atoms with Crippen LogP contribution in [0.1, 0.15) is 13.8 Å². The number of ether oxygens (including phenoxy) is 1. The number of carbonyl (C=O) groups is 1. The van der Waals surface area contributed by atoms with Crippen LogP contribution in [-0.4, -0.2) is 26.2 Å². The summed E-state index contributed by atoms with van der Waals surface area (Å²) in [7, 11) is -3.90. The van der Waals surface area contributed by atoms with Crippen molar-refractivity contribution in [2.75, 3.05) is 6.61 Å². The van der Waals surface area contributed by atoms with E-state index in [1.54, 1.807) is 6.92 Å². The number of halogens is 1. The molecule has 0 aliphatic heterocycles. The molecular formula is C11H13FO4S. The summed E-state index contributed by atoms with van der Waals surface area (Å²) in [4.78, 5) is 11.1. The van der Waals surface area contributed by atoms with E-state index in [0.29, 0.717) is 0 Å². The molecule has 0 saturated carbocycles. The molecule has 0 aliphatic rings. The van der Waals surface area contributed by atoms with Crippen LogP contribution in [0.4, 0.5) is 4.39 Å². The summed E-state index contributed by atoms with van der Waals surface area (Å²) in [5.41, 5.74) is 0. The average Bonchev–Trinajstić information content (AvgIpc) is 2.28. The van der Waals surface area contributed by atoms with Crippen LogP contribution in [0.5, 0.6) is 0 Å². The minimum absolute atomic E-state index is 0.0991. The Morgan fingerprint density at radius 1 is 1.47 bits per heavy atom.